The van der Waals surface area contributed by atoms with E-state index in [1.807, 2.05) is 20.0 Å². The lowest BCUT2D eigenvalue weighted by atomic mass is 10.1. The predicted molar refractivity (Wildman–Crippen MR) is 82.4 cm³/mol. The number of ether oxygens (including phenoxy) is 1. The molecule has 0 spiro atoms. The first-order valence-corrected chi connectivity index (χ1v) is 7.33. The van der Waals surface area contributed by atoms with Crippen molar-refractivity contribution in [1.82, 2.24) is 15.6 Å². The Balaban J connectivity index is 2.03. The highest BCUT2D eigenvalue weighted by Crippen LogP contribution is 2.21. The van der Waals surface area contributed by atoms with Crippen LogP contribution < -0.4 is 15.5 Å². The van der Waals surface area contributed by atoms with Crippen LogP contribution in [0.2, 0.25) is 0 Å². The van der Waals surface area contributed by atoms with E-state index in [1.54, 1.807) is 7.11 Å². The maximum atomic E-state index is 11.8. The number of aromatic nitrogens is 1. The quantitative estimate of drug-likeness (QED) is 0.745. The highest BCUT2D eigenvalue weighted by molar-refractivity contribution is 5.86. The Hall–Kier alpha value is -1.66. The first-order chi connectivity index (χ1) is 10.1. The lowest BCUT2D eigenvalue weighted by molar-refractivity contribution is -0.122. The SMILES string of the molecule is COCCNCc1cnc(N2CCNC(=O)C2C)c(C)c1. The third kappa shape index (κ3) is 3.92. The van der Waals surface area contributed by atoms with Gasteiger partial charge in [0.15, 0.2) is 0 Å². The van der Waals surface area contributed by atoms with Crippen molar-refractivity contribution in [3.05, 3.63) is 23.4 Å². The molecule has 1 fully saturated rings. The van der Waals surface area contributed by atoms with Crippen LogP contribution >= 0.6 is 0 Å². The molecule has 1 unspecified atom stereocenters. The van der Waals surface area contributed by atoms with Crippen molar-refractivity contribution < 1.29 is 9.53 Å². The molecule has 1 aromatic rings. The van der Waals surface area contributed by atoms with Gasteiger partial charge in [-0.3, -0.25) is 4.79 Å². The Morgan fingerprint density at radius 3 is 3.10 bits per heavy atom. The number of nitrogens with zero attached hydrogens (tertiary/aromatic N) is 2. The summed E-state index contributed by atoms with van der Waals surface area (Å²) < 4.78 is 5.00. The first kappa shape index (κ1) is 15.7. The summed E-state index contributed by atoms with van der Waals surface area (Å²) in [6.45, 7) is 7.71. The number of carbonyl (C=O) groups excluding carboxylic acids is 1. The van der Waals surface area contributed by atoms with Gasteiger partial charge in [0.05, 0.1) is 6.61 Å². The molecule has 1 atom stereocenters. The van der Waals surface area contributed by atoms with E-state index in [2.05, 4.69) is 26.6 Å². The molecule has 6 heteroatoms. The van der Waals surface area contributed by atoms with Gasteiger partial charge in [0.25, 0.3) is 0 Å². The lowest BCUT2D eigenvalue weighted by Gasteiger charge is -2.34. The molecular weight excluding hydrogens is 268 g/mol. The van der Waals surface area contributed by atoms with Crippen LogP contribution in [0.3, 0.4) is 0 Å². The van der Waals surface area contributed by atoms with Crippen molar-refractivity contribution >= 4 is 11.7 Å². The molecule has 1 saturated heterocycles. The summed E-state index contributed by atoms with van der Waals surface area (Å²) in [6, 6.07) is 1.96. The largest absolute Gasteiger partial charge is 0.383 e. The number of carbonyl (C=O) groups is 1. The number of nitrogens with one attached hydrogen (secondary N) is 2. The zero-order valence-electron chi connectivity index (χ0n) is 13.0. The number of aryl methyl sites for hydroxylation is 1. The summed E-state index contributed by atoms with van der Waals surface area (Å²) in [6.07, 6.45) is 1.88. The van der Waals surface area contributed by atoms with E-state index < -0.39 is 0 Å². The van der Waals surface area contributed by atoms with Gasteiger partial charge in [-0.15, -0.1) is 0 Å². The fourth-order valence-electron chi connectivity index (χ4n) is 2.50. The molecule has 6 nitrogen and oxygen atoms in total. The first-order valence-electron chi connectivity index (χ1n) is 7.33. The topological polar surface area (TPSA) is 66.5 Å². The second-order valence-corrected chi connectivity index (χ2v) is 5.31. The van der Waals surface area contributed by atoms with Crippen LogP contribution in [0.4, 0.5) is 5.82 Å². The van der Waals surface area contributed by atoms with Crippen LogP contribution in [-0.4, -0.2) is 50.3 Å². The van der Waals surface area contributed by atoms with Crippen LogP contribution in [0.25, 0.3) is 0 Å². The number of rotatable bonds is 6. The summed E-state index contributed by atoms with van der Waals surface area (Å²) in [5.74, 6) is 0.964. The molecule has 2 rings (SSSR count). The highest BCUT2D eigenvalue weighted by atomic mass is 16.5. The molecule has 0 saturated carbocycles. The van der Waals surface area contributed by atoms with Crippen molar-refractivity contribution in [3.8, 4) is 0 Å². The number of anilines is 1. The van der Waals surface area contributed by atoms with E-state index >= 15 is 0 Å². The Morgan fingerprint density at radius 2 is 2.38 bits per heavy atom. The summed E-state index contributed by atoms with van der Waals surface area (Å²) >= 11 is 0. The van der Waals surface area contributed by atoms with Gasteiger partial charge >= 0.3 is 0 Å². The second kappa shape index (κ2) is 7.38. The van der Waals surface area contributed by atoms with E-state index in [0.29, 0.717) is 13.2 Å². The van der Waals surface area contributed by atoms with E-state index in [0.717, 1.165) is 36.6 Å². The van der Waals surface area contributed by atoms with Gasteiger partial charge < -0.3 is 20.3 Å². The van der Waals surface area contributed by atoms with Gasteiger partial charge in [-0.1, -0.05) is 0 Å². The molecule has 0 bridgehead atoms. The van der Waals surface area contributed by atoms with E-state index in [-0.39, 0.29) is 11.9 Å². The molecule has 0 radical (unpaired) electrons. The van der Waals surface area contributed by atoms with Crippen LogP contribution in [0.15, 0.2) is 12.3 Å². The Labute approximate surface area is 125 Å². The molecule has 1 aliphatic heterocycles. The van der Waals surface area contributed by atoms with E-state index in [1.165, 1.54) is 0 Å². The molecule has 2 heterocycles. The van der Waals surface area contributed by atoms with Crippen molar-refractivity contribution in [3.63, 3.8) is 0 Å². The zero-order chi connectivity index (χ0) is 15.2. The molecule has 2 N–H and O–H groups in total. The van der Waals surface area contributed by atoms with Crippen LogP contribution in [-0.2, 0) is 16.1 Å². The van der Waals surface area contributed by atoms with Gasteiger partial charge in [-0.05, 0) is 31.0 Å². The molecular formula is C15H24N4O2. The zero-order valence-corrected chi connectivity index (χ0v) is 13.0. The van der Waals surface area contributed by atoms with Gasteiger partial charge in [-0.25, -0.2) is 4.98 Å². The van der Waals surface area contributed by atoms with Gasteiger partial charge in [0.1, 0.15) is 11.9 Å². The minimum Gasteiger partial charge on any atom is -0.383 e. The minimum absolute atomic E-state index is 0.0627. The van der Waals surface area contributed by atoms with Crippen molar-refractivity contribution in [2.24, 2.45) is 0 Å². The van der Waals surface area contributed by atoms with E-state index in [4.69, 9.17) is 4.74 Å². The molecule has 1 aromatic heterocycles. The summed E-state index contributed by atoms with van der Waals surface area (Å²) in [7, 11) is 1.69. The van der Waals surface area contributed by atoms with Crippen molar-refractivity contribution in [2.45, 2.75) is 26.4 Å². The maximum Gasteiger partial charge on any atom is 0.242 e. The van der Waals surface area contributed by atoms with Crippen molar-refractivity contribution in [1.29, 1.82) is 0 Å². The molecule has 116 valence electrons. The smallest absolute Gasteiger partial charge is 0.242 e. The Bertz CT molecular complexity index is 493. The maximum absolute atomic E-state index is 11.8. The Morgan fingerprint density at radius 1 is 1.57 bits per heavy atom. The summed E-state index contributed by atoms with van der Waals surface area (Å²) in [5, 5.41) is 6.17. The number of hydrogen-bond acceptors (Lipinski definition) is 5. The number of hydrogen-bond donors (Lipinski definition) is 2. The Kier molecular flexibility index (Phi) is 5.52. The van der Waals surface area contributed by atoms with Crippen LogP contribution in [0.1, 0.15) is 18.1 Å². The number of amides is 1. The fraction of sp³-hybridized carbons (Fsp3) is 0.600. The highest BCUT2D eigenvalue weighted by Gasteiger charge is 2.27. The third-order valence-corrected chi connectivity index (χ3v) is 3.69. The fourth-order valence-corrected chi connectivity index (χ4v) is 2.50. The number of piperazine rings is 1. The third-order valence-electron chi connectivity index (χ3n) is 3.69. The normalized spacial score (nSPS) is 18.7. The van der Waals surface area contributed by atoms with Gasteiger partial charge in [0.2, 0.25) is 5.91 Å². The van der Waals surface area contributed by atoms with Crippen molar-refractivity contribution in [2.75, 3.05) is 38.3 Å². The molecule has 1 amide bonds. The average molecular weight is 292 g/mol. The number of pyridine rings is 1. The summed E-state index contributed by atoms with van der Waals surface area (Å²) in [4.78, 5) is 18.4. The monoisotopic (exact) mass is 292 g/mol. The molecule has 21 heavy (non-hydrogen) atoms. The second-order valence-electron chi connectivity index (χ2n) is 5.31. The van der Waals surface area contributed by atoms with Crippen LogP contribution in [0.5, 0.6) is 0 Å². The average Bonchev–Trinajstić information content (AvgIpc) is 2.47. The standard InChI is InChI=1S/C15H24N4O2/c1-11-8-13(9-16-5-7-21-3)10-18-14(11)19-6-4-17-15(20)12(19)2/h8,10,12,16H,4-7,9H2,1-3H3,(H,17,20). The predicted octanol–water partition coefficient (Wildman–Crippen LogP) is 0.451. The molecule has 0 aliphatic carbocycles. The number of methoxy groups -OCH3 is 1. The van der Waals surface area contributed by atoms with Gasteiger partial charge in [0, 0.05) is 39.5 Å². The van der Waals surface area contributed by atoms with Crippen LogP contribution in [0, 0.1) is 6.92 Å². The summed E-state index contributed by atoms with van der Waals surface area (Å²) in [5.41, 5.74) is 2.24. The van der Waals surface area contributed by atoms with Gasteiger partial charge in [-0.2, -0.15) is 0 Å². The minimum atomic E-state index is -0.171. The lowest BCUT2D eigenvalue weighted by Crippen LogP contribution is -2.54. The molecule has 0 aromatic carbocycles. The van der Waals surface area contributed by atoms with E-state index in [9.17, 15) is 4.79 Å². The molecule has 1 aliphatic rings.